The number of halogens is 3. The summed E-state index contributed by atoms with van der Waals surface area (Å²) in [6.07, 6.45) is -4.88. The van der Waals surface area contributed by atoms with Crippen molar-refractivity contribution in [2.45, 2.75) is 11.3 Å². The number of sulfonamides is 1. The molecule has 1 aromatic heterocycles. The van der Waals surface area contributed by atoms with Crippen LogP contribution in [0.4, 0.5) is 13.2 Å². The van der Waals surface area contributed by atoms with Crippen molar-refractivity contribution >= 4 is 26.8 Å². The van der Waals surface area contributed by atoms with Gasteiger partial charge in [0, 0.05) is 43.1 Å². The van der Waals surface area contributed by atoms with Crippen LogP contribution in [0.25, 0.3) is 10.9 Å². The number of pyridine rings is 1. The number of benzene rings is 2. The fourth-order valence-corrected chi connectivity index (χ4v) is 5.07. The summed E-state index contributed by atoms with van der Waals surface area (Å²) in [6, 6.07) is 12.0. The highest BCUT2D eigenvalue weighted by molar-refractivity contribution is 7.89. The average Bonchev–Trinajstić information content (AvgIpc) is 2.77. The van der Waals surface area contributed by atoms with Gasteiger partial charge in [-0.1, -0.05) is 18.2 Å². The lowest BCUT2D eigenvalue weighted by molar-refractivity contribution is -0.274. The molecule has 0 spiro atoms. The third-order valence-corrected chi connectivity index (χ3v) is 7.11. The van der Waals surface area contributed by atoms with E-state index in [-0.39, 0.29) is 42.5 Å². The van der Waals surface area contributed by atoms with Gasteiger partial charge in [0.2, 0.25) is 15.6 Å². The molecule has 1 saturated heterocycles. The molecule has 8 nitrogen and oxygen atoms in total. The number of hydrogen-bond acceptors (Lipinski definition) is 5. The highest BCUT2D eigenvalue weighted by atomic mass is 32.2. The van der Waals surface area contributed by atoms with Gasteiger partial charge in [0.25, 0.3) is 5.91 Å². The molecule has 3 aromatic rings. The van der Waals surface area contributed by atoms with Crippen LogP contribution in [0.2, 0.25) is 0 Å². The summed E-state index contributed by atoms with van der Waals surface area (Å²) in [6.45, 7) is 0.176. The van der Waals surface area contributed by atoms with Crippen LogP contribution in [0, 0.1) is 0 Å². The van der Waals surface area contributed by atoms with Crippen LogP contribution in [-0.4, -0.2) is 61.1 Å². The molecule has 12 heteroatoms. The molecule has 1 fully saturated rings. The lowest BCUT2D eigenvalue weighted by atomic mass is 10.1. The van der Waals surface area contributed by atoms with Crippen molar-refractivity contribution in [1.29, 1.82) is 0 Å². The molecule has 0 saturated carbocycles. The number of aromatic amines is 1. The number of rotatable bonds is 4. The molecule has 0 unspecified atom stereocenters. The number of para-hydroxylation sites is 1. The Balaban J connectivity index is 1.48. The zero-order valence-electron chi connectivity index (χ0n) is 17.0. The lowest BCUT2D eigenvalue weighted by Crippen LogP contribution is -2.50. The van der Waals surface area contributed by atoms with Crippen LogP contribution in [-0.2, 0) is 10.0 Å². The molecule has 174 valence electrons. The second-order valence-electron chi connectivity index (χ2n) is 7.31. The summed E-state index contributed by atoms with van der Waals surface area (Å²) < 4.78 is 67.5. The maximum Gasteiger partial charge on any atom is 0.573 e. The molecule has 2 heterocycles. The second-order valence-corrected chi connectivity index (χ2v) is 9.25. The molecular formula is C21H18F3N3O5S. The number of amides is 1. The van der Waals surface area contributed by atoms with Crippen molar-refractivity contribution < 1.29 is 31.1 Å². The summed E-state index contributed by atoms with van der Waals surface area (Å²) in [4.78, 5) is 28.9. The first-order valence-corrected chi connectivity index (χ1v) is 11.3. The van der Waals surface area contributed by atoms with E-state index in [1.54, 1.807) is 24.3 Å². The summed E-state index contributed by atoms with van der Waals surface area (Å²) in [5, 5.41) is 0.582. The van der Waals surface area contributed by atoms with Gasteiger partial charge in [-0.2, -0.15) is 4.31 Å². The Kier molecular flexibility index (Phi) is 5.89. The van der Waals surface area contributed by atoms with Crippen molar-refractivity contribution in [3.05, 3.63) is 70.5 Å². The van der Waals surface area contributed by atoms with Crippen LogP contribution < -0.4 is 10.3 Å². The van der Waals surface area contributed by atoms with Crippen molar-refractivity contribution in [3.8, 4) is 5.75 Å². The predicted molar refractivity (Wildman–Crippen MR) is 112 cm³/mol. The average molecular weight is 481 g/mol. The van der Waals surface area contributed by atoms with Crippen molar-refractivity contribution in [3.63, 3.8) is 0 Å². The van der Waals surface area contributed by atoms with Gasteiger partial charge in [-0.25, -0.2) is 8.42 Å². The van der Waals surface area contributed by atoms with Crippen molar-refractivity contribution in [2.75, 3.05) is 26.2 Å². The Hall–Kier alpha value is -3.38. The van der Waals surface area contributed by atoms with Crippen LogP contribution in [0.15, 0.2) is 64.3 Å². The Morgan fingerprint density at radius 2 is 1.61 bits per heavy atom. The number of carbonyl (C=O) groups is 1. The first kappa shape index (κ1) is 22.8. The second kappa shape index (κ2) is 8.52. The van der Waals surface area contributed by atoms with E-state index in [1.807, 2.05) is 0 Å². The van der Waals surface area contributed by atoms with Gasteiger partial charge < -0.3 is 14.6 Å². The maximum absolute atomic E-state index is 13.0. The number of alkyl halides is 3. The van der Waals surface area contributed by atoms with E-state index in [2.05, 4.69) is 9.72 Å². The van der Waals surface area contributed by atoms with Crippen molar-refractivity contribution in [2.24, 2.45) is 0 Å². The first-order valence-electron chi connectivity index (χ1n) is 9.82. The number of ether oxygens (including phenoxy) is 1. The number of piperazine rings is 1. The zero-order chi connectivity index (χ0) is 23.8. The number of nitrogens with zero attached hydrogens (tertiary/aromatic N) is 2. The first-order chi connectivity index (χ1) is 15.5. The van der Waals surface area contributed by atoms with Gasteiger partial charge in [-0.15, -0.1) is 13.2 Å². The minimum absolute atomic E-state index is 0.00397. The smallest absolute Gasteiger partial charge is 0.406 e. The SMILES string of the molecule is O=C(c1cc(=O)[nH]c2ccccc12)N1CCN(S(=O)(=O)c2ccc(OC(F)(F)F)cc2)CC1. The summed E-state index contributed by atoms with van der Waals surface area (Å²) in [5.74, 6) is -0.912. The molecule has 1 aliphatic heterocycles. The predicted octanol–water partition coefficient (Wildman–Crippen LogP) is 2.57. The lowest BCUT2D eigenvalue weighted by Gasteiger charge is -2.34. The Labute approximate surface area is 186 Å². The number of hydrogen-bond donors (Lipinski definition) is 1. The fraction of sp³-hybridized carbons (Fsp3) is 0.238. The fourth-order valence-electron chi connectivity index (χ4n) is 3.65. The molecular weight excluding hydrogens is 463 g/mol. The number of nitrogens with one attached hydrogen (secondary N) is 1. The molecule has 0 atom stereocenters. The van der Waals surface area contributed by atoms with Gasteiger partial charge in [-0.3, -0.25) is 9.59 Å². The highest BCUT2D eigenvalue weighted by Crippen LogP contribution is 2.26. The van der Waals surface area contributed by atoms with E-state index in [1.165, 1.54) is 11.0 Å². The topological polar surface area (TPSA) is 99.8 Å². The minimum atomic E-state index is -4.88. The van der Waals surface area contributed by atoms with Crippen LogP contribution in [0.3, 0.4) is 0 Å². The summed E-state index contributed by atoms with van der Waals surface area (Å²) in [7, 11) is -3.97. The van der Waals surface area contributed by atoms with Crippen LogP contribution in [0.5, 0.6) is 5.75 Å². The standard InChI is InChI=1S/C21H18F3N3O5S/c22-21(23,24)32-14-5-7-15(8-6-14)33(30,31)27-11-9-26(10-12-27)20(29)17-13-19(28)25-18-4-2-1-3-16(17)18/h1-8,13H,9-12H2,(H,25,28). The van der Waals surface area contributed by atoms with Gasteiger partial charge in [0.15, 0.2) is 0 Å². The van der Waals surface area contributed by atoms with Gasteiger partial charge in [-0.05, 0) is 30.3 Å². The highest BCUT2D eigenvalue weighted by Gasteiger charge is 2.33. The van der Waals surface area contributed by atoms with Gasteiger partial charge in [0.1, 0.15) is 5.75 Å². The van der Waals surface area contributed by atoms with E-state index in [4.69, 9.17) is 0 Å². The molecule has 1 amide bonds. The molecule has 33 heavy (non-hydrogen) atoms. The van der Waals surface area contributed by atoms with Crippen molar-refractivity contribution in [1.82, 2.24) is 14.2 Å². The van der Waals surface area contributed by atoms with E-state index in [0.717, 1.165) is 28.6 Å². The Bertz CT molecular complexity index is 1350. The largest absolute Gasteiger partial charge is 0.573 e. The number of carbonyl (C=O) groups excluding carboxylic acids is 1. The van der Waals surface area contributed by atoms with Gasteiger partial charge >= 0.3 is 6.36 Å². The normalized spacial score (nSPS) is 15.5. The molecule has 1 N–H and O–H groups in total. The van der Waals surface area contributed by atoms with E-state index < -0.39 is 27.7 Å². The third-order valence-electron chi connectivity index (χ3n) is 5.20. The van der Waals surface area contributed by atoms with E-state index in [9.17, 15) is 31.2 Å². The molecule has 4 rings (SSSR count). The van der Waals surface area contributed by atoms with Crippen LogP contribution in [0.1, 0.15) is 10.4 Å². The third kappa shape index (κ3) is 4.86. The van der Waals surface area contributed by atoms with Crippen LogP contribution >= 0.6 is 0 Å². The molecule has 1 aliphatic rings. The quantitative estimate of drug-likeness (QED) is 0.618. The molecule has 0 aliphatic carbocycles. The van der Waals surface area contributed by atoms with E-state index in [0.29, 0.717) is 10.9 Å². The summed E-state index contributed by atoms with van der Waals surface area (Å²) >= 11 is 0. The molecule has 0 radical (unpaired) electrons. The van der Waals surface area contributed by atoms with Gasteiger partial charge in [0.05, 0.1) is 10.5 Å². The Morgan fingerprint density at radius 1 is 0.970 bits per heavy atom. The number of fused-ring (bicyclic) bond motifs is 1. The maximum atomic E-state index is 13.0. The number of aromatic nitrogens is 1. The minimum Gasteiger partial charge on any atom is -0.406 e. The molecule has 0 bridgehead atoms. The van der Waals surface area contributed by atoms with E-state index >= 15 is 0 Å². The zero-order valence-corrected chi connectivity index (χ0v) is 17.8. The molecule has 2 aromatic carbocycles. The monoisotopic (exact) mass is 481 g/mol. The summed E-state index contributed by atoms with van der Waals surface area (Å²) in [5.41, 5.74) is 0.328. The number of H-pyrrole nitrogens is 1. The Morgan fingerprint density at radius 3 is 2.24 bits per heavy atom.